The molecule has 0 unspecified atom stereocenters. The lowest BCUT2D eigenvalue weighted by Gasteiger charge is -2.32. The van der Waals surface area contributed by atoms with E-state index in [-0.39, 0.29) is 10.1 Å². The minimum atomic E-state index is -4.80. The van der Waals surface area contributed by atoms with Crippen molar-refractivity contribution in [1.29, 1.82) is 0 Å². The van der Waals surface area contributed by atoms with E-state index in [1.807, 2.05) is 23.1 Å². The van der Waals surface area contributed by atoms with Crippen LogP contribution >= 0.6 is 11.3 Å². The first-order valence-electron chi connectivity index (χ1n) is 9.72. The van der Waals surface area contributed by atoms with Crippen LogP contribution in [0.3, 0.4) is 0 Å². The van der Waals surface area contributed by atoms with Crippen molar-refractivity contribution in [3.05, 3.63) is 74.1 Å². The quantitative estimate of drug-likeness (QED) is 0.412. The fourth-order valence-electron chi connectivity index (χ4n) is 3.85. The molecule has 2 heterocycles. The lowest BCUT2D eigenvalue weighted by atomic mass is 9.90. The fraction of sp³-hybridized carbons (Fsp3) is 0.333. The Morgan fingerprint density at radius 3 is 2.45 bits per heavy atom. The SMILES string of the molecule is O=c1nc(N2CCC(Cc3ccccc3)CC2)sc2c([N+](=O)[O-])cc(C(F)(F)F)cc12. The van der Waals surface area contributed by atoms with Gasteiger partial charge in [0, 0.05) is 19.2 Å². The van der Waals surface area contributed by atoms with Gasteiger partial charge in [0.15, 0.2) is 5.13 Å². The number of fused-ring (bicyclic) bond motifs is 1. The third-order valence-corrected chi connectivity index (χ3v) is 6.63. The molecular weight excluding hydrogens is 431 g/mol. The minimum absolute atomic E-state index is 0.0839. The summed E-state index contributed by atoms with van der Waals surface area (Å²) in [6.45, 7) is 1.25. The van der Waals surface area contributed by atoms with E-state index in [4.69, 9.17) is 0 Å². The summed E-state index contributed by atoms with van der Waals surface area (Å²) in [5.41, 5.74) is -1.59. The second kappa shape index (κ2) is 8.26. The lowest BCUT2D eigenvalue weighted by Crippen LogP contribution is -2.35. The van der Waals surface area contributed by atoms with Crippen molar-refractivity contribution in [1.82, 2.24) is 4.98 Å². The predicted octanol–water partition coefficient (Wildman–Crippen LogP) is 5.04. The maximum atomic E-state index is 13.1. The van der Waals surface area contributed by atoms with Crippen LogP contribution in [-0.2, 0) is 12.6 Å². The Kier molecular flexibility index (Phi) is 5.65. The smallest absolute Gasteiger partial charge is 0.348 e. The van der Waals surface area contributed by atoms with Gasteiger partial charge in [-0.1, -0.05) is 41.7 Å². The number of nitro benzene ring substituents is 1. The number of benzene rings is 2. The summed E-state index contributed by atoms with van der Waals surface area (Å²) in [4.78, 5) is 28.9. The number of alkyl halides is 3. The van der Waals surface area contributed by atoms with E-state index in [0.29, 0.717) is 36.3 Å². The lowest BCUT2D eigenvalue weighted by molar-refractivity contribution is -0.383. The Morgan fingerprint density at radius 1 is 1.16 bits per heavy atom. The molecule has 0 bridgehead atoms. The summed E-state index contributed by atoms with van der Waals surface area (Å²) >= 11 is 0.893. The van der Waals surface area contributed by atoms with Crippen LogP contribution < -0.4 is 10.5 Å². The highest BCUT2D eigenvalue weighted by Crippen LogP contribution is 2.38. The van der Waals surface area contributed by atoms with Gasteiger partial charge in [0.05, 0.1) is 15.9 Å². The number of piperidine rings is 1. The Hall–Kier alpha value is -3.01. The number of aromatic nitrogens is 1. The maximum absolute atomic E-state index is 13.1. The average Bonchev–Trinajstić information content (AvgIpc) is 2.73. The molecule has 0 amide bonds. The molecule has 0 spiro atoms. The molecule has 3 aromatic rings. The van der Waals surface area contributed by atoms with E-state index in [2.05, 4.69) is 17.1 Å². The second-order valence-electron chi connectivity index (χ2n) is 7.55. The summed E-state index contributed by atoms with van der Waals surface area (Å²) in [6.07, 6.45) is -2.12. The molecule has 0 atom stereocenters. The monoisotopic (exact) mass is 449 g/mol. The van der Waals surface area contributed by atoms with Crippen LogP contribution in [0.2, 0.25) is 0 Å². The standard InChI is InChI=1S/C21H18F3N3O3S/c22-21(23,24)15-11-16-18(17(12-15)27(29)30)31-20(25-19(16)28)26-8-6-14(7-9-26)10-13-4-2-1-3-5-13/h1-5,11-12,14H,6-10H2. The molecule has 0 saturated carbocycles. The minimum Gasteiger partial charge on any atom is -0.348 e. The number of nitro groups is 1. The molecule has 2 aromatic carbocycles. The number of anilines is 1. The number of hydrogen-bond acceptors (Lipinski definition) is 6. The first-order valence-corrected chi connectivity index (χ1v) is 10.5. The molecule has 0 radical (unpaired) electrons. The molecule has 162 valence electrons. The average molecular weight is 449 g/mol. The number of halogens is 3. The molecule has 1 aliphatic heterocycles. The van der Waals surface area contributed by atoms with Crippen molar-refractivity contribution in [3.8, 4) is 0 Å². The highest BCUT2D eigenvalue weighted by Gasteiger charge is 2.34. The fourth-order valence-corrected chi connectivity index (χ4v) is 4.97. The highest BCUT2D eigenvalue weighted by molar-refractivity contribution is 7.22. The van der Waals surface area contributed by atoms with E-state index in [1.165, 1.54) is 5.56 Å². The summed E-state index contributed by atoms with van der Waals surface area (Å²) < 4.78 is 39.2. The van der Waals surface area contributed by atoms with Gasteiger partial charge in [-0.05, 0) is 36.8 Å². The zero-order chi connectivity index (χ0) is 22.2. The molecule has 1 fully saturated rings. The van der Waals surface area contributed by atoms with Crippen molar-refractivity contribution in [2.45, 2.75) is 25.4 Å². The van der Waals surface area contributed by atoms with Gasteiger partial charge in [0.1, 0.15) is 4.70 Å². The van der Waals surface area contributed by atoms with Crippen molar-refractivity contribution in [2.24, 2.45) is 5.92 Å². The number of nitrogens with zero attached hydrogens (tertiary/aromatic N) is 3. The van der Waals surface area contributed by atoms with Gasteiger partial charge in [-0.3, -0.25) is 14.9 Å². The van der Waals surface area contributed by atoms with Crippen molar-refractivity contribution < 1.29 is 18.1 Å². The van der Waals surface area contributed by atoms with Gasteiger partial charge in [-0.15, -0.1) is 0 Å². The normalized spacial score (nSPS) is 15.4. The Labute approximate surface area is 179 Å². The third kappa shape index (κ3) is 4.53. The molecule has 0 N–H and O–H groups in total. The van der Waals surface area contributed by atoms with Gasteiger partial charge < -0.3 is 4.90 Å². The molecule has 4 rings (SSSR count). The van der Waals surface area contributed by atoms with Gasteiger partial charge in [0.25, 0.3) is 11.2 Å². The summed E-state index contributed by atoms with van der Waals surface area (Å²) in [7, 11) is 0. The highest BCUT2D eigenvalue weighted by atomic mass is 32.1. The van der Waals surface area contributed by atoms with Crippen LogP contribution in [0.5, 0.6) is 0 Å². The van der Waals surface area contributed by atoms with Crippen LogP contribution in [0.15, 0.2) is 47.3 Å². The molecule has 6 nitrogen and oxygen atoms in total. The van der Waals surface area contributed by atoms with Crippen LogP contribution in [0.25, 0.3) is 10.1 Å². The molecule has 1 aliphatic rings. The van der Waals surface area contributed by atoms with E-state index >= 15 is 0 Å². The third-order valence-electron chi connectivity index (χ3n) is 5.47. The van der Waals surface area contributed by atoms with Crippen LogP contribution in [-0.4, -0.2) is 23.0 Å². The summed E-state index contributed by atoms with van der Waals surface area (Å²) in [6, 6.07) is 11.2. The van der Waals surface area contributed by atoms with Crippen molar-refractivity contribution >= 4 is 32.2 Å². The van der Waals surface area contributed by atoms with Crippen LogP contribution in [0, 0.1) is 16.0 Å². The zero-order valence-corrected chi connectivity index (χ0v) is 17.1. The van der Waals surface area contributed by atoms with Gasteiger partial charge in [-0.25, -0.2) is 0 Å². The Balaban J connectivity index is 1.61. The van der Waals surface area contributed by atoms with Gasteiger partial charge in [-0.2, -0.15) is 18.2 Å². The van der Waals surface area contributed by atoms with Gasteiger partial charge >= 0.3 is 6.18 Å². The van der Waals surface area contributed by atoms with Crippen LogP contribution in [0.4, 0.5) is 24.0 Å². The van der Waals surface area contributed by atoms with E-state index in [9.17, 15) is 28.1 Å². The van der Waals surface area contributed by atoms with E-state index in [0.717, 1.165) is 30.6 Å². The van der Waals surface area contributed by atoms with Crippen LogP contribution in [0.1, 0.15) is 24.0 Å². The number of non-ortho nitro benzene ring substituents is 1. The Bertz CT molecular complexity index is 1170. The number of rotatable bonds is 4. The van der Waals surface area contributed by atoms with E-state index < -0.39 is 27.9 Å². The molecular formula is C21H18F3N3O3S. The topological polar surface area (TPSA) is 76.3 Å². The summed E-state index contributed by atoms with van der Waals surface area (Å²) in [5, 5.41) is 11.3. The molecule has 31 heavy (non-hydrogen) atoms. The predicted molar refractivity (Wildman–Crippen MR) is 113 cm³/mol. The molecule has 0 aliphatic carbocycles. The molecule has 1 aromatic heterocycles. The first kappa shape index (κ1) is 21.2. The summed E-state index contributed by atoms with van der Waals surface area (Å²) in [5.74, 6) is 0.472. The number of hydrogen-bond donors (Lipinski definition) is 0. The largest absolute Gasteiger partial charge is 0.416 e. The molecule has 10 heteroatoms. The van der Waals surface area contributed by atoms with Crippen molar-refractivity contribution in [3.63, 3.8) is 0 Å². The van der Waals surface area contributed by atoms with Crippen molar-refractivity contribution in [2.75, 3.05) is 18.0 Å². The van der Waals surface area contributed by atoms with E-state index in [1.54, 1.807) is 0 Å². The first-order chi connectivity index (χ1) is 14.7. The second-order valence-corrected chi connectivity index (χ2v) is 8.53. The maximum Gasteiger partial charge on any atom is 0.416 e. The zero-order valence-electron chi connectivity index (χ0n) is 16.3. The molecule has 1 saturated heterocycles. The Morgan fingerprint density at radius 2 is 1.84 bits per heavy atom. The van der Waals surface area contributed by atoms with Gasteiger partial charge in [0.2, 0.25) is 0 Å².